The second-order valence-corrected chi connectivity index (χ2v) is 7.44. The van der Waals surface area contributed by atoms with Crippen LogP contribution in [-0.4, -0.2) is 38.6 Å². The summed E-state index contributed by atoms with van der Waals surface area (Å²) >= 11 is 0. The van der Waals surface area contributed by atoms with Crippen molar-refractivity contribution in [3.8, 4) is 5.95 Å². The second kappa shape index (κ2) is 7.92. The second-order valence-electron chi connectivity index (χ2n) is 7.44. The molecular formula is C22H27N5. The topological polar surface area (TPSA) is 46.0 Å². The maximum atomic E-state index is 4.38. The van der Waals surface area contributed by atoms with Crippen molar-refractivity contribution in [2.45, 2.75) is 39.3 Å². The molecule has 0 bridgehead atoms. The Morgan fingerprint density at radius 1 is 1.07 bits per heavy atom. The van der Waals surface area contributed by atoms with Gasteiger partial charge in [-0.05, 0) is 74.7 Å². The maximum absolute atomic E-state index is 4.38. The first-order chi connectivity index (χ1) is 13.2. The maximum Gasteiger partial charge on any atom is 0.233 e. The number of aryl methyl sites for hydroxylation is 2. The van der Waals surface area contributed by atoms with E-state index in [1.54, 1.807) is 12.4 Å². The third-order valence-corrected chi connectivity index (χ3v) is 5.37. The molecule has 0 aliphatic carbocycles. The fourth-order valence-electron chi connectivity index (χ4n) is 3.77. The van der Waals surface area contributed by atoms with E-state index in [2.05, 4.69) is 68.9 Å². The number of aromatic nitrogens is 3. The lowest BCUT2D eigenvalue weighted by atomic mass is 10.0. The molecule has 140 valence electrons. The Labute approximate surface area is 161 Å². The summed E-state index contributed by atoms with van der Waals surface area (Å²) in [5, 5.41) is 3.73. The van der Waals surface area contributed by atoms with Gasteiger partial charge in [0, 0.05) is 49.1 Å². The van der Waals surface area contributed by atoms with Crippen LogP contribution in [0.1, 0.15) is 29.7 Å². The molecule has 1 aliphatic rings. The minimum absolute atomic E-state index is 0.484. The Hall–Kier alpha value is -2.66. The molecule has 5 nitrogen and oxygen atoms in total. The Morgan fingerprint density at radius 2 is 1.93 bits per heavy atom. The van der Waals surface area contributed by atoms with Crippen molar-refractivity contribution in [3.63, 3.8) is 0 Å². The van der Waals surface area contributed by atoms with E-state index in [0.717, 1.165) is 25.6 Å². The first kappa shape index (κ1) is 17.7. The van der Waals surface area contributed by atoms with E-state index in [-0.39, 0.29) is 0 Å². The van der Waals surface area contributed by atoms with Crippen molar-refractivity contribution in [1.82, 2.24) is 19.4 Å². The zero-order valence-electron chi connectivity index (χ0n) is 16.1. The summed E-state index contributed by atoms with van der Waals surface area (Å²) in [6.07, 6.45) is 8.05. The molecule has 1 aromatic carbocycles. The lowest BCUT2D eigenvalue weighted by Gasteiger charge is -2.33. The van der Waals surface area contributed by atoms with Crippen molar-refractivity contribution < 1.29 is 0 Å². The van der Waals surface area contributed by atoms with Gasteiger partial charge in [-0.25, -0.2) is 9.97 Å². The van der Waals surface area contributed by atoms with Crippen LogP contribution in [0.2, 0.25) is 0 Å². The van der Waals surface area contributed by atoms with E-state index in [1.807, 2.05) is 12.3 Å². The summed E-state index contributed by atoms with van der Waals surface area (Å²) in [5.74, 6) is 0.735. The predicted octanol–water partition coefficient (Wildman–Crippen LogP) is 3.96. The van der Waals surface area contributed by atoms with Crippen LogP contribution in [0.5, 0.6) is 0 Å². The van der Waals surface area contributed by atoms with E-state index in [0.29, 0.717) is 6.04 Å². The minimum atomic E-state index is 0.484. The molecule has 2 aromatic heterocycles. The third kappa shape index (κ3) is 4.19. The number of anilines is 1. The number of nitrogens with zero attached hydrogens (tertiary/aromatic N) is 4. The Kier molecular flexibility index (Phi) is 5.21. The number of rotatable bonds is 5. The third-order valence-electron chi connectivity index (χ3n) is 5.37. The van der Waals surface area contributed by atoms with Gasteiger partial charge in [0.05, 0.1) is 0 Å². The van der Waals surface area contributed by atoms with Gasteiger partial charge in [0.25, 0.3) is 0 Å². The zero-order chi connectivity index (χ0) is 18.6. The molecule has 0 amide bonds. The predicted molar refractivity (Wildman–Crippen MR) is 109 cm³/mol. The number of piperidine rings is 1. The van der Waals surface area contributed by atoms with Gasteiger partial charge < -0.3 is 5.32 Å². The van der Waals surface area contributed by atoms with E-state index in [1.165, 1.54) is 35.3 Å². The van der Waals surface area contributed by atoms with Gasteiger partial charge in [-0.3, -0.25) is 9.47 Å². The highest BCUT2D eigenvalue weighted by Crippen LogP contribution is 2.20. The first-order valence-electron chi connectivity index (χ1n) is 9.69. The van der Waals surface area contributed by atoms with Gasteiger partial charge in [-0.2, -0.15) is 0 Å². The molecule has 1 N–H and O–H groups in total. The molecule has 27 heavy (non-hydrogen) atoms. The van der Waals surface area contributed by atoms with Crippen molar-refractivity contribution >= 4 is 5.69 Å². The van der Waals surface area contributed by atoms with Crippen LogP contribution >= 0.6 is 0 Å². The van der Waals surface area contributed by atoms with E-state index >= 15 is 0 Å². The molecule has 1 unspecified atom stereocenters. The fourth-order valence-corrected chi connectivity index (χ4v) is 3.77. The van der Waals surface area contributed by atoms with Crippen molar-refractivity contribution in [1.29, 1.82) is 0 Å². The molecule has 1 aliphatic heterocycles. The van der Waals surface area contributed by atoms with Crippen molar-refractivity contribution in [2.24, 2.45) is 0 Å². The number of hydrogen-bond acceptors (Lipinski definition) is 4. The first-order valence-corrected chi connectivity index (χ1v) is 9.69. The molecule has 0 spiro atoms. The van der Waals surface area contributed by atoms with Crippen LogP contribution < -0.4 is 5.32 Å². The molecule has 4 rings (SSSR count). The molecule has 1 fully saturated rings. The zero-order valence-corrected chi connectivity index (χ0v) is 16.1. The van der Waals surface area contributed by atoms with Crippen molar-refractivity contribution in [2.75, 3.05) is 18.4 Å². The van der Waals surface area contributed by atoms with Crippen LogP contribution in [0.15, 0.2) is 55.0 Å². The van der Waals surface area contributed by atoms with Crippen LogP contribution in [0.3, 0.4) is 0 Å². The summed E-state index contributed by atoms with van der Waals surface area (Å²) in [4.78, 5) is 11.3. The molecule has 1 saturated heterocycles. The Morgan fingerprint density at radius 3 is 2.74 bits per heavy atom. The van der Waals surface area contributed by atoms with Gasteiger partial charge in [-0.15, -0.1) is 0 Å². The Balaban J connectivity index is 1.42. The average molecular weight is 361 g/mol. The molecule has 5 heteroatoms. The van der Waals surface area contributed by atoms with Gasteiger partial charge in [0.1, 0.15) is 0 Å². The summed E-state index contributed by atoms with van der Waals surface area (Å²) in [6, 6.07) is 13.2. The molecule has 0 radical (unpaired) electrons. The van der Waals surface area contributed by atoms with Gasteiger partial charge in [0.15, 0.2) is 0 Å². The normalized spacial score (nSPS) is 17.8. The Bertz CT molecular complexity index is 887. The fraction of sp³-hybridized carbons (Fsp3) is 0.364. The SMILES string of the molecule is Cc1ccc(NC2CCCN(Cc3cccn3-c3ncccn3)C2)cc1C. The number of hydrogen-bond donors (Lipinski definition) is 1. The highest BCUT2D eigenvalue weighted by atomic mass is 15.2. The highest BCUT2D eigenvalue weighted by Gasteiger charge is 2.21. The standard InChI is InChI=1S/C22H27N5/c1-17-8-9-19(14-18(17)2)25-20-6-3-12-26(15-20)16-21-7-4-13-27(21)22-23-10-5-11-24-22/h4-5,7-11,13-14,20,25H,3,6,12,15-16H2,1-2H3. The number of nitrogens with one attached hydrogen (secondary N) is 1. The van der Waals surface area contributed by atoms with E-state index in [4.69, 9.17) is 0 Å². The van der Waals surface area contributed by atoms with Gasteiger partial charge in [0.2, 0.25) is 5.95 Å². The van der Waals surface area contributed by atoms with Crippen LogP contribution in [-0.2, 0) is 6.54 Å². The molecule has 3 aromatic rings. The molecule has 3 heterocycles. The summed E-state index contributed by atoms with van der Waals surface area (Å²) in [6.45, 7) is 7.43. The van der Waals surface area contributed by atoms with Crippen LogP contribution in [0.25, 0.3) is 5.95 Å². The molecule has 0 saturated carbocycles. The minimum Gasteiger partial charge on any atom is -0.381 e. The van der Waals surface area contributed by atoms with Gasteiger partial charge >= 0.3 is 0 Å². The summed E-state index contributed by atoms with van der Waals surface area (Å²) in [7, 11) is 0. The van der Waals surface area contributed by atoms with Crippen LogP contribution in [0.4, 0.5) is 5.69 Å². The number of likely N-dealkylation sites (tertiary alicyclic amines) is 1. The van der Waals surface area contributed by atoms with E-state index < -0.39 is 0 Å². The lowest BCUT2D eigenvalue weighted by Crippen LogP contribution is -2.41. The summed E-state index contributed by atoms with van der Waals surface area (Å²) < 4.78 is 2.08. The number of benzene rings is 1. The monoisotopic (exact) mass is 361 g/mol. The van der Waals surface area contributed by atoms with Gasteiger partial charge in [-0.1, -0.05) is 6.07 Å². The largest absolute Gasteiger partial charge is 0.381 e. The average Bonchev–Trinajstić information content (AvgIpc) is 3.14. The van der Waals surface area contributed by atoms with Crippen LogP contribution in [0, 0.1) is 13.8 Å². The quantitative estimate of drug-likeness (QED) is 0.747. The molecular weight excluding hydrogens is 334 g/mol. The smallest absolute Gasteiger partial charge is 0.233 e. The highest BCUT2D eigenvalue weighted by molar-refractivity contribution is 5.48. The summed E-state index contributed by atoms with van der Waals surface area (Å²) in [5.41, 5.74) is 5.14. The van der Waals surface area contributed by atoms with Crippen molar-refractivity contribution in [3.05, 3.63) is 71.8 Å². The lowest BCUT2D eigenvalue weighted by molar-refractivity contribution is 0.205. The van der Waals surface area contributed by atoms with E-state index in [9.17, 15) is 0 Å². The molecule has 1 atom stereocenters.